The van der Waals surface area contributed by atoms with Crippen molar-refractivity contribution >= 4 is 23.8 Å². The summed E-state index contributed by atoms with van der Waals surface area (Å²) in [7, 11) is 4.77. The summed E-state index contributed by atoms with van der Waals surface area (Å²) in [5.41, 5.74) is 3.58. The number of ether oxygens (including phenoxy) is 5. The summed E-state index contributed by atoms with van der Waals surface area (Å²) in [6.07, 6.45) is 8.43. The first-order valence-electron chi connectivity index (χ1n) is 21.3. The van der Waals surface area contributed by atoms with Crippen LogP contribution in [0.5, 0.6) is 5.75 Å². The van der Waals surface area contributed by atoms with Crippen molar-refractivity contribution in [1.82, 2.24) is 19.7 Å². The Balaban J connectivity index is 1.16. The number of esters is 2. The molecule has 0 saturated heterocycles. The number of hydrogen-bond donors (Lipinski definition) is 0. The van der Waals surface area contributed by atoms with Gasteiger partial charge in [-0.05, 0) is 139 Å². The molecule has 13 heteroatoms. The molecule has 4 saturated carbocycles. The molecule has 2 aromatic heterocycles. The van der Waals surface area contributed by atoms with E-state index in [9.17, 15) is 14.4 Å². The fourth-order valence-electron chi connectivity index (χ4n) is 11.8. The highest BCUT2D eigenvalue weighted by atomic mass is 16.6. The van der Waals surface area contributed by atoms with Crippen molar-refractivity contribution in [1.29, 1.82) is 0 Å². The SMILES string of the molecule is COC(=O)c1ccc(OC)c2c1CN(c1ccc(-c3cnn(CC45CC6(C)CC(C)(C4)CC(OCCN(C)C(=O)OC(C)(C)C)(C6)C5)c3C)c(C(=O)OC(C)(C)C)n1)CC2. The molecule has 1 aliphatic heterocycles. The largest absolute Gasteiger partial charge is 0.496 e. The van der Waals surface area contributed by atoms with Crippen molar-refractivity contribution in [3.8, 4) is 16.9 Å². The highest BCUT2D eigenvalue weighted by molar-refractivity contribution is 5.96. The molecule has 1 amide bonds. The van der Waals surface area contributed by atoms with Gasteiger partial charge in [-0.25, -0.2) is 19.4 Å². The van der Waals surface area contributed by atoms with Crippen LogP contribution in [0, 0.1) is 23.2 Å². The molecule has 8 rings (SSSR count). The Morgan fingerprint density at radius 3 is 2.15 bits per heavy atom. The van der Waals surface area contributed by atoms with E-state index in [2.05, 4.69) is 30.4 Å². The molecule has 2 atom stereocenters. The van der Waals surface area contributed by atoms with Crippen molar-refractivity contribution in [3.05, 3.63) is 58.5 Å². The Labute approximate surface area is 355 Å². The van der Waals surface area contributed by atoms with Gasteiger partial charge in [-0.2, -0.15) is 5.10 Å². The number of carbonyl (C=O) groups excluding carboxylic acids is 3. The van der Waals surface area contributed by atoms with Crippen molar-refractivity contribution in [3.63, 3.8) is 0 Å². The molecular formula is C47H65N5O8. The lowest BCUT2D eigenvalue weighted by Crippen LogP contribution is -2.64. The smallest absolute Gasteiger partial charge is 0.410 e. The lowest BCUT2D eigenvalue weighted by molar-refractivity contribution is -0.248. The van der Waals surface area contributed by atoms with E-state index in [-0.39, 0.29) is 33.6 Å². The molecule has 13 nitrogen and oxygen atoms in total. The third kappa shape index (κ3) is 8.74. The number of nitrogens with zero attached hydrogens (tertiary/aromatic N) is 5. The van der Waals surface area contributed by atoms with Crippen LogP contribution < -0.4 is 9.64 Å². The Kier molecular flexibility index (Phi) is 11.1. The number of fused-ring (bicyclic) bond motifs is 1. The lowest BCUT2D eigenvalue weighted by Gasteiger charge is -2.69. The average Bonchev–Trinajstić information content (AvgIpc) is 3.48. The highest BCUT2D eigenvalue weighted by Gasteiger charge is 2.66. The fourth-order valence-corrected chi connectivity index (χ4v) is 11.8. The molecule has 4 bridgehead atoms. The first-order chi connectivity index (χ1) is 28.0. The van der Waals surface area contributed by atoms with E-state index < -0.39 is 23.1 Å². The molecule has 326 valence electrons. The molecule has 2 unspecified atom stereocenters. The van der Waals surface area contributed by atoms with Gasteiger partial charge >= 0.3 is 18.0 Å². The number of carbonyl (C=O) groups is 3. The number of hydrogen-bond acceptors (Lipinski definition) is 11. The molecule has 60 heavy (non-hydrogen) atoms. The Morgan fingerprint density at radius 1 is 0.833 bits per heavy atom. The molecule has 5 aliphatic rings. The quantitative estimate of drug-likeness (QED) is 0.136. The van der Waals surface area contributed by atoms with Crippen LogP contribution in [0.15, 0.2) is 30.5 Å². The van der Waals surface area contributed by atoms with Gasteiger partial charge in [-0.1, -0.05) is 13.8 Å². The summed E-state index contributed by atoms with van der Waals surface area (Å²) in [6.45, 7) is 20.7. The summed E-state index contributed by atoms with van der Waals surface area (Å²) in [5.74, 6) is 0.402. The molecule has 4 aliphatic carbocycles. The standard InChI is InChI=1S/C47H65N5O8/c1-30-34(21-48-52(30)29-46-24-44(8)23-45(9,25-46)27-47(26-44,28-46)58-20-19-50(10)41(55)60-43(5,6)7)32-14-16-37(49-38(32)40(54)59-42(2,3)4)51-18-17-31-35(22-51)33(39(53)57-12)13-15-36(31)56-11/h13-16,21H,17-20,22-29H2,1-12H3. The zero-order valence-corrected chi connectivity index (χ0v) is 37.9. The van der Waals surface area contributed by atoms with E-state index in [1.54, 1.807) is 25.1 Å². The number of aromatic nitrogens is 3. The predicted molar refractivity (Wildman–Crippen MR) is 228 cm³/mol. The van der Waals surface area contributed by atoms with E-state index in [1.807, 2.05) is 65.9 Å². The fraction of sp³-hybridized carbons (Fsp3) is 0.638. The van der Waals surface area contributed by atoms with Crippen molar-refractivity contribution < 1.29 is 38.1 Å². The van der Waals surface area contributed by atoms with Crippen LogP contribution in [-0.4, -0.2) is 95.5 Å². The second kappa shape index (κ2) is 15.4. The van der Waals surface area contributed by atoms with Gasteiger partial charge in [0.1, 0.15) is 22.8 Å². The Hall–Kier alpha value is -4.65. The number of benzene rings is 1. The van der Waals surface area contributed by atoms with Crippen LogP contribution in [0.3, 0.4) is 0 Å². The third-order valence-electron chi connectivity index (χ3n) is 12.9. The van der Waals surface area contributed by atoms with Crippen LogP contribution >= 0.6 is 0 Å². The summed E-state index contributed by atoms with van der Waals surface area (Å²) in [4.78, 5) is 48.3. The van der Waals surface area contributed by atoms with Crippen molar-refractivity contribution in [2.75, 3.05) is 45.9 Å². The first-order valence-corrected chi connectivity index (χ1v) is 21.3. The van der Waals surface area contributed by atoms with Gasteiger partial charge in [0, 0.05) is 55.6 Å². The molecule has 3 aromatic rings. The minimum Gasteiger partial charge on any atom is -0.496 e. The number of amides is 1. The van der Waals surface area contributed by atoms with Gasteiger partial charge in [-0.3, -0.25) is 4.68 Å². The van der Waals surface area contributed by atoms with E-state index in [0.717, 1.165) is 66.8 Å². The Bertz CT molecular complexity index is 2150. The lowest BCUT2D eigenvalue weighted by atomic mass is 9.39. The normalized spacial score (nSPS) is 25.8. The topological polar surface area (TPSA) is 135 Å². The minimum atomic E-state index is -0.741. The maximum absolute atomic E-state index is 14.1. The highest BCUT2D eigenvalue weighted by Crippen LogP contribution is 2.72. The van der Waals surface area contributed by atoms with Gasteiger partial charge in [0.25, 0.3) is 0 Å². The molecule has 1 aromatic carbocycles. The summed E-state index contributed by atoms with van der Waals surface area (Å²) in [6, 6.07) is 7.43. The van der Waals surface area contributed by atoms with Crippen LogP contribution in [0.1, 0.15) is 132 Å². The predicted octanol–water partition coefficient (Wildman–Crippen LogP) is 8.57. The molecule has 0 spiro atoms. The number of anilines is 1. The monoisotopic (exact) mass is 827 g/mol. The van der Waals surface area contributed by atoms with Crippen LogP contribution in [0.4, 0.5) is 10.6 Å². The maximum atomic E-state index is 14.1. The zero-order valence-electron chi connectivity index (χ0n) is 37.9. The van der Waals surface area contributed by atoms with E-state index in [0.29, 0.717) is 49.6 Å². The second-order valence-corrected chi connectivity index (χ2v) is 20.9. The van der Waals surface area contributed by atoms with Crippen molar-refractivity contribution in [2.24, 2.45) is 16.2 Å². The molecule has 0 N–H and O–H groups in total. The van der Waals surface area contributed by atoms with Gasteiger partial charge in [0.15, 0.2) is 5.69 Å². The minimum absolute atomic E-state index is 0.0320. The van der Waals surface area contributed by atoms with E-state index in [1.165, 1.54) is 13.5 Å². The summed E-state index contributed by atoms with van der Waals surface area (Å²) < 4.78 is 31.4. The second-order valence-electron chi connectivity index (χ2n) is 20.9. The maximum Gasteiger partial charge on any atom is 0.410 e. The van der Waals surface area contributed by atoms with E-state index in [4.69, 9.17) is 33.8 Å². The van der Waals surface area contributed by atoms with Crippen LogP contribution in [0.25, 0.3) is 11.1 Å². The van der Waals surface area contributed by atoms with Gasteiger partial charge in [0.05, 0.1) is 38.2 Å². The van der Waals surface area contributed by atoms with Crippen LogP contribution in [0.2, 0.25) is 0 Å². The third-order valence-corrected chi connectivity index (χ3v) is 12.9. The average molecular weight is 828 g/mol. The number of pyridine rings is 1. The number of methoxy groups -OCH3 is 2. The van der Waals surface area contributed by atoms with Gasteiger partial charge in [0.2, 0.25) is 0 Å². The summed E-state index contributed by atoms with van der Waals surface area (Å²) >= 11 is 0. The molecular weight excluding hydrogens is 763 g/mol. The molecule has 4 fully saturated rings. The van der Waals surface area contributed by atoms with Gasteiger partial charge in [-0.15, -0.1) is 0 Å². The molecule has 0 radical (unpaired) electrons. The number of rotatable bonds is 11. The first kappa shape index (κ1) is 43.4. The van der Waals surface area contributed by atoms with E-state index >= 15 is 0 Å². The number of likely N-dealkylation sites (N-methyl/N-ethyl adjacent to an activating group) is 1. The Morgan fingerprint density at radius 2 is 1.52 bits per heavy atom. The zero-order chi connectivity index (χ0) is 43.6. The van der Waals surface area contributed by atoms with Gasteiger partial charge < -0.3 is 33.5 Å². The molecule has 3 heterocycles. The summed E-state index contributed by atoms with van der Waals surface area (Å²) in [5, 5.41) is 5.01. The van der Waals surface area contributed by atoms with Crippen LogP contribution in [-0.2, 0) is 38.5 Å². The van der Waals surface area contributed by atoms with Crippen molar-refractivity contribution in [2.45, 2.75) is 137 Å².